The first-order valence-corrected chi connectivity index (χ1v) is 13.5. The summed E-state index contributed by atoms with van der Waals surface area (Å²) in [4.78, 5) is 57.4. The van der Waals surface area contributed by atoms with Crippen molar-refractivity contribution in [2.75, 3.05) is 28.2 Å². The van der Waals surface area contributed by atoms with Crippen LogP contribution in [0.25, 0.3) is 0 Å². The van der Waals surface area contributed by atoms with Crippen LogP contribution < -0.4 is 10.1 Å². The molecule has 0 aromatic heterocycles. The van der Waals surface area contributed by atoms with Gasteiger partial charge in [0.2, 0.25) is 17.7 Å². The Morgan fingerprint density at radius 3 is 2.17 bits per heavy atom. The Balaban J connectivity index is 1.75. The number of rotatable bonds is 7. The first-order valence-electron chi connectivity index (χ1n) is 13.5. The maximum atomic E-state index is 15.2. The van der Waals surface area contributed by atoms with Crippen LogP contribution in [0.4, 0.5) is 9.18 Å². The van der Waals surface area contributed by atoms with Crippen molar-refractivity contribution in [1.29, 1.82) is 0 Å². The first kappa shape index (κ1) is 29.0. The van der Waals surface area contributed by atoms with Gasteiger partial charge in [0.05, 0.1) is 0 Å². The van der Waals surface area contributed by atoms with Crippen LogP contribution in [0.1, 0.15) is 43.0 Å². The van der Waals surface area contributed by atoms with Crippen LogP contribution in [0.5, 0.6) is 5.75 Å². The molecule has 4 amide bonds. The number of ether oxygens (including phenoxy) is 1. The number of benzene rings is 2. The van der Waals surface area contributed by atoms with Gasteiger partial charge in [0.15, 0.2) is 11.6 Å². The fraction of sp³-hybridized carbons (Fsp3) is 0.467. The van der Waals surface area contributed by atoms with E-state index in [9.17, 15) is 19.2 Å². The number of carbonyl (C=O) groups excluding carboxylic acids is 4. The van der Waals surface area contributed by atoms with Gasteiger partial charge in [-0.05, 0) is 59.9 Å². The van der Waals surface area contributed by atoms with Crippen molar-refractivity contribution in [3.05, 3.63) is 65.0 Å². The van der Waals surface area contributed by atoms with Crippen LogP contribution in [-0.2, 0) is 27.2 Å². The van der Waals surface area contributed by atoms with Crippen molar-refractivity contribution < 1.29 is 28.3 Å². The largest absolute Gasteiger partial charge is 0.414 e. The van der Waals surface area contributed by atoms with Crippen molar-refractivity contribution in [2.24, 2.45) is 11.8 Å². The van der Waals surface area contributed by atoms with Crippen molar-refractivity contribution in [3.8, 4) is 5.75 Å². The number of halogens is 1. The Labute approximate surface area is 234 Å². The Morgan fingerprint density at radius 2 is 1.65 bits per heavy atom. The molecule has 10 heteroatoms. The molecule has 2 aromatic carbocycles. The molecule has 0 radical (unpaired) electrons. The van der Waals surface area contributed by atoms with E-state index >= 15 is 4.39 Å². The summed E-state index contributed by atoms with van der Waals surface area (Å²) in [6, 6.07) is 8.76. The number of fused-ring (bicyclic) bond motifs is 1. The lowest BCUT2D eigenvalue weighted by Crippen LogP contribution is -2.67. The minimum atomic E-state index is -1.25. The number of nitrogens with zero attached hydrogens (tertiary/aromatic N) is 3. The first-order chi connectivity index (χ1) is 18.9. The molecule has 214 valence electrons. The second kappa shape index (κ2) is 11.7. The Kier molecular flexibility index (Phi) is 8.46. The van der Waals surface area contributed by atoms with Crippen LogP contribution in [0.3, 0.4) is 0 Å². The monoisotopic (exact) mass is 552 g/mol. The van der Waals surface area contributed by atoms with Gasteiger partial charge in [-0.15, -0.1) is 0 Å². The third-order valence-corrected chi connectivity index (χ3v) is 7.49. The van der Waals surface area contributed by atoms with Gasteiger partial charge >= 0.3 is 6.09 Å². The maximum Gasteiger partial charge on any atom is 0.414 e. The number of nitrogens with one attached hydrogen (secondary N) is 1. The molecule has 0 bridgehead atoms. The summed E-state index contributed by atoms with van der Waals surface area (Å²) in [7, 11) is 6.05. The van der Waals surface area contributed by atoms with Gasteiger partial charge < -0.3 is 24.8 Å². The van der Waals surface area contributed by atoms with Crippen molar-refractivity contribution in [3.63, 3.8) is 0 Å². The zero-order valence-corrected chi connectivity index (χ0v) is 23.8. The zero-order chi connectivity index (χ0) is 29.3. The summed E-state index contributed by atoms with van der Waals surface area (Å²) in [6.45, 7) is 3.87. The molecule has 1 N–H and O–H groups in total. The van der Waals surface area contributed by atoms with E-state index in [4.69, 9.17) is 4.74 Å². The van der Waals surface area contributed by atoms with E-state index in [1.165, 1.54) is 36.0 Å². The van der Waals surface area contributed by atoms with Crippen LogP contribution in [0.15, 0.2) is 42.5 Å². The Bertz CT molecular complexity index is 1290. The molecule has 4 rings (SSSR count). The lowest BCUT2D eigenvalue weighted by molar-refractivity contribution is -0.159. The highest BCUT2D eigenvalue weighted by Crippen LogP contribution is 2.36. The summed E-state index contributed by atoms with van der Waals surface area (Å²) < 4.78 is 20.3. The van der Waals surface area contributed by atoms with E-state index in [-0.39, 0.29) is 35.0 Å². The normalized spacial score (nSPS) is 19.8. The standard InChI is InChI=1S/C30H37FN4O5/c1-17(2)13-23-27(36)32-25(21-14-18-9-7-8-10-19(18)15-21)28(37)35(23)26(29(38)33(3)4)20-11-12-24(22(31)16-20)40-30(39)34(5)6/h7-12,16-17,21,23,25-26H,13-15H2,1-6H3,(H,32,36)/t23?,25-,26?/m1/s1. The fourth-order valence-electron chi connectivity index (χ4n) is 5.50. The van der Waals surface area contributed by atoms with Crippen molar-refractivity contribution >= 4 is 23.8 Å². The average molecular weight is 553 g/mol. The molecule has 2 aromatic rings. The molecule has 9 nitrogen and oxygen atoms in total. The van der Waals surface area contributed by atoms with E-state index < -0.39 is 35.9 Å². The highest BCUT2D eigenvalue weighted by molar-refractivity contribution is 6.00. The summed E-state index contributed by atoms with van der Waals surface area (Å²) >= 11 is 0. The maximum absolute atomic E-state index is 15.2. The Hall–Kier alpha value is -3.95. The van der Waals surface area contributed by atoms with Gasteiger partial charge in [0.1, 0.15) is 18.1 Å². The number of hydrogen-bond acceptors (Lipinski definition) is 5. The minimum Gasteiger partial charge on any atom is -0.407 e. The topological polar surface area (TPSA) is 99.3 Å². The lowest BCUT2D eigenvalue weighted by Gasteiger charge is -2.45. The molecule has 2 aliphatic rings. The van der Waals surface area contributed by atoms with E-state index in [1.807, 2.05) is 38.1 Å². The van der Waals surface area contributed by atoms with Gasteiger partial charge in [-0.1, -0.05) is 44.2 Å². The van der Waals surface area contributed by atoms with Crippen LogP contribution in [0.2, 0.25) is 0 Å². The van der Waals surface area contributed by atoms with Crippen LogP contribution in [0, 0.1) is 17.7 Å². The summed E-state index contributed by atoms with van der Waals surface area (Å²) in [6.07, 6.45) is 0.825. The molecule has 1 heterocycles. The van der Waals surface area contributed by atoms with E-state index in [1.54, 1.807) is 14.1 Å². The van der Waals surface area contributed by atoms with Gasteiger partial charge in [-0.3, -0.25) is 14.4 Å². The van der Waals surface area contributed by atoms with E-state index in [0.29, 0.717) is 19.3 Å². The molecule has 1 saturated heterocycles. The Morgan fingerprint density at radius 1 is 1.02 bits per heavy atom. The second-order valence-corrected chi connectivity index (χ2v) is 11.4. The summed E-state index contributed by atoms with van der Waals surface area (Å²) in [5.74, 6) is -2.46. The molecule has 3 atom stereocenters. The molecule has 40 heavy (non-hydrogen) atoms. The van der Waals surface area contributed by atoms with Crippen LogP contribution in [-0.4, -0.2) is 78.8 Å². The molecule has 1 fully saturated rings. The number of likely N-dealkylation sites (N-methyl/N-ethyl adjacent to an activating group) is 1. The fourth-order valence-corrected chi connectivity index (χ4v) is 5.50. The van der Waals surface area contributed by atoms with Crippen LogP contribution >= 0.6 is 0 Å². The van der Waals surface area contributed by atoms with Gasteiger partial charge in [0.25, 0.3) is 0 Å². The van der Waals surface area contributed by atoms with Gasteiger partial charge in [0, 0.05) is 28.2 Å². The highest BCUT2D eigenvalue weighted by Gasteiger charge is 2.49. The predicted octanol–water partition coefficient (Wildman–Crippen LogP) is 3.17. The molecular weight excluding hydrogens is 515 g/mol. The number of hydrogen-bond donors (Lipinski definition) is 1. The third-order valence-electron chi connectivity index (χ3n) is 7.49. The predicted molar refractivity (Wildman–Crippen MR) is 147 cm³/mol. The number of piperazine rings is 1. The molecule has 0 saturated carbocycles. The molecule has 0 spiro atoms. The zero-order valence-electron chi connectivity index (χ0n) is 23.8. The highest BCUT2D eigenvalue weighted by atomic mass is 19.1. The second-order valence-electron chi connectivity index (χ2n) is 11.4. The average Bonchev–Trinajstić information content (AvgIpc) is 3.32. The lowest BCUT2D eigenvalue weighted by atomic mass is 9.88. The van der Waals surface area contributed by atoms with Crippen molar-refractivity contribution in [2.45, 2.75) is 51.2 Å². The summed E-state index contributed by atoms with van der Waals surface area (Å²) in [5, 5.41) is 2.96. The molecule has 1 aliphatic carbocycles. The van der Waals surface area contributed by atoms with Gasteiger partial charge in [-0.25, -0.2) is 9.18 Å². The molecule has 1 aliphatic heterocycles. The number of carbonyl (C=O) groups is 4. The summed E-state index contributed by atoms with van der Waals surface area (Å²) in [5.41, 5.74) is 2.46. The van der Waals surface area contributed by atoms with E-state index in [0.717, 1.165) is 22.1 Å². The molecular formula is C30H37FN4O5. The minimum absolute atomic E-state index is 0.0398. The quantitative estimate of drug-likeness (QED) is 0.569. The number of amides is 4. The van der Waals surface area contributed by atoms with E-state index in [2.05, 4.69) is 5.32 Å². The SMILES string of the molecule is CC(C)CC1C(=O)N[C@H](C2Cc3ccccc3C2)C(=O)N1C(C(=O)N(C)C)c1ccc(OC(=O)N(C)C)c(F)c1. The van der Waals surface area contributed by atoms with Gasteiger partial charge in [-0.2, -0.15) is 0 Å². The van der Waals surface area contributed by atoms with Crippen molar-refractivity contribution in [1.82, 2.24) is 20.0 Å². The smallest absolute Gasteiger partial charge is 0.407 e. The third kappa shape index (κ3) is 5.80. The molecule has 2 unspecified atom stereocenters.